The first-order valence-electron chi connectivity index (χ1n) is 9.91. The van der Waals surface area contributed by atoms with Crippen LogP contribution < -0.4 is 17.0 Å². The van der Waals surface area contributed by atoms with E-state index in [-0.39, 0.29) is 59.6 Å². The van der Waals surface area contributed by atoms with Crippen LogP contribution in [0.3, 0.4) is 0 Å². The molecular weight excluding hydrogens is 429 g/mol. The Bertz CT molecular complexity index is 1010. The second-order valence-electron chi connectivity index (χ2n) is 8.34. The third-order valence-electron chi connectivity index (χ3n) is 5.17. The van der Waals surface area contributed by atoms with Crippen LogP contribution in [0.1, 0.15) is 62.5 Å². The maximum Gasteiger partial charge on any atom is 0.330 e. The summed E-state index contributed by atoms with van der Waals surface area (Å²) in [7, 11) is 0. The number of nitrogens with one attached hydrogen (secondary N) is 1. The summed E-state index contributed by atoms with van der Waals surface area (Å²) >= 11 is 0. The van der Waals surface area contributed by atoms with E-state index in [1.807, 2.05) is 27.7 Å². The summed E-state index contributed by atoms with van der Waals surface area (Å²) in [5.74, 6) is 0.0214. The molecule has 0 bridgehead atoms. The first kappa shape index (κ1) is 26.1. The molecule has 1 amide bonds. The zero-order valence-corrected chi connectivity index (χ0v) is 19.4. The van der Waals surface area contributed by atoms with E-state index >= 15 is 0 Å². The van der Waals surface area contributed by atoms with Gasteiger partial charge in [0.05, 0.1) is 10.9 Å². The Kier molecular flexibility index (Phi) is 9.07. The van der Waals surface area contributed by atoms with Crippen molar-refractivity contribution in [3.63, 3.8) is 0 Å². The largest absolute Gasteiger partial charge is 0.339 e. The van der Waals surface area contributed by atoms with E-state index in [9.17, 15) is 14.4 Å². The fraction of sp³-hybridized carbons (Fsp3) is 0.600. The SMILES string of the molecule is CC(C)Cn1c(=O)[nH]c(=O)c2c(C(=O)N3CCC(N)CC3)cc(C(C)C)nc21.Cl.Cl. The molecule has 0 aromatic carbocycles. The lowest BCUT2D eigenvalue weighted by atomic mass is 10.0. The molecule has 2 aromatic heterocycles. The zero-order chi connectivity index (χ0) is 20.6. The molecule has 0 spiro atoms. The Morgan fingerprint density at radius 3 is 2.33 bits per heavy atom. The molecule has 168 valence electrons. The Morgan fingerprint density at radius 1 is 1.20 bits per heavy atom. The number of aromatic nitrogens is 3. The molecule has 3 heterocycles. The molecule has 0 aliphatic carbocycles. The summed E-state index contributed by atoms with van der Waals surface area (Å²) in [6.07, 6.45) is 1.47. The van der Waals surface area contributed by atoms with E-state index < -0.39 is 11.2 Å². The number of halogens is 2. The van der Waals surface area contributed by atoms with Gasteiger partial charge in [0.2, 0.25) is 0 Å². The highest BCUT2D eigenvalue weighted by atomic mass is 35.5. The van der Waals surface area contributed by atoms with Crippen LogP contribution in [0.4, 0.5) is 0 Å². The van der Waals surface area contributed by atoms with Gasteiger partial charge >= 0.3 is 5.69 Å². The second kappa shape index (κ2) is 10.4. The molecule has 1 aliphatic rings. The number of pyridine rings is 1. The molecule has 0 unspecified atom stereocenters. The van der Waals surface area contributed by atoms with Crippen molar-refractivity contribution in [3.05, 3.63) is 38.2 Å². The number of carbonyl (C=O) groups is 1. The Morgan fingerprint density at radius 2 is 1.80 bits per heavy atom. The molecule has 10 heteroatoms. The van der Waals surface area contributed by atoms with Crippen molar-refractivity contribution >= 4 is 41.8 Å². The number of likely N-dealkylation sites (tertiary alicyclic amines) is 1. The van der Waals surface area contributed by atoms with Gasteiger partial charge < -0.3 is 10.6 Å². The molecule has 1 fully saturated rings. The van der Waals surface area contributed by atoms with Crippen molar-refractivity contribution in [2.45, 2.75) is 59.0 Å². The number of piperidine rings is 1. The molecule has 3 N–H and O–H groups in total. The molecule has 0 radical (unpaired) electrons. The summed E-state index contributed by atoms with van der Waals surface area (Å²) in [4.78, 5) is 47.1. The lowest BCUT2D eigenvalue weighted by molar-refractivity contribution is 0.0716. The predicted molar refractivity (Wildman–Crippen MR) is 123 cm³/mol. The number of rotatable bonds is 4. The smallest absolute Gasteiger partial charge is 0.330 e. The highest BCUT2D eigenvalue weighted by molar-refractivity contribution is 6.05. The zero-order valence-electron chi connectivity index (χ0n) is 17.8. The summed E-state index contributed by atoms with van der Waals surface area (Å²) in [5, 5.41) is 0.185. The molecule has 3 rings (SSSR count). The van der Waals surface area contributed by atoms with Gasteiger partial charge in [-0.1, -0.05) is 27.7 Å². The fourth-order valence-corrected chi connectivity index (χ4v) is 3.57. The molecular formula is C20H31Cl2N5O3. The van der Waals surface area contributed by atoms with Crippen molar-refractivity contribution in [2.75, 3.05) is 13.1 Å². The first-order valence-corrected chi connectivity index (χ1v) is 9.91. The number of hydrogen-bond donors (Lipinski definition) is 2. The lowest BCUT2D eigenvalue weighted by Crippen LogP contribution is -2.43. The third-order valence-corrected chi connectivity index (χ3v) is 5.17. The second-order valence-corrected chi connectivity index (χ2v) is 8.34. The van der Waals surface area contributed by atoms with Crippen molar-refractivity contribution in [2.24, 2.45) is 11.7 Å². The number of H-pyrrole nitrogens is 1. The summed E-state index contributed by atoms with van der Waals surface area (Å²) in [6.45, 7) is 9.44. The van der Waals surface area contributed by atoms with Gasteiger partial charge in [0, 0.05) is 31.4 Å². The summed E-state index contributed by atoms with van der Waals surface area (Å²) in [5.41, 5.74) is 6.17. The van der Waals surface area contributed by atoms with Crippen molar-refractivity contribution in [1.82, 2.24) is 19.4 Å². The minimum atomic E-state index is -0.570. The van der Waals surface area contributed by atoms with Crippen molar-refractivity contribution < 1.29 is 4.79 Å². The van der Waals surface area contributed by atoms with E-state index in [2.05, 4.69) is 9.97 Å². The Hall–Kier alpha value is -1.90. The van der Waals surface area contributed by atoms with Crippen LogP contribution in [0.25, 0.3) is 11.0 Å². The molecule has 1 aliphatic heterocycles. The van der Waals surface area contributed by atoms with Crippen LogP contribution in [0, 0.1) is 5.92 Å². The summed E-state index contributed by atoms with van der Waals surface area (Å²) in [6, 6.07) is 1.80. The van der Waals surface area contributed by atoms with Gasteiger partial charge in [0.1, 0.15) is 0 Å². The van der Waals surface area contributed by atoms with Crippen LogP contribution in [0.2, 0.25) is 0 Å². The van der Waals surface area contributed by atoms with E-state index in [0.29, 0.717) is 30.9 Å². The average Bonchev–Trinajstić information content (AvgIpc) is 2.63. The maximum absolute atomic E-state index is 13.3. The number of hydrogen-bond acceptors (Lipinski definition) is 5. The highest BCUT2D eigenvalue weighted by Gasteiger charge is 2.26. The minimum absolute atomic E-state index is 0. The molecule has 2 aromatic rings. The van der Waals surface area contributed by atoms with Gasteiger partial charge in [-0.25, -0.2) is 9.78 Å². The van der Waals surface area contributed by atoms with Crippen molar-refractivity contribution in [3.8, 4) is 0 Å². The van der Waals surface area contributed by atoms with Crippen LogP contribution in [0.5, 0.6) is 0 Å². The topological polar surface area (TPSA) is 114 Å². The molecule has 0 atom stereocenters. The molecule has 1 saturated heterocycles. The Labute approximate surface area is 188 Å². The molecule has 8 nitrogen and oxygen atoms in total. The van der Waals surface area contributed by atoms with Gasteiger partial charge in [-0.3, -0.25) is 19.1 Å². The number of amides is 1. The number of aromatic amines is 1. The number of nitrogens with two attached hydrogens (primary N) is 1. The highest BCUT2D eigenvalue weighted by Crippen LogP contribution is 2.22. The van der Waals surface area contributed by atoms with Gasteiger partial charge in [-0.15, -0.1) is 24.8 Å². The van der Waals surface area contributed by atoms with Crippen LogP contribution in [-0.2, 0) is 6.54 Å². The quantitative estimate of drug-likeness (QED) is 0.727. The third kappa shape index (κ3) is 5.22. The van der Waals surface area contributed by atoms with Crippen LogP contribution in [0.15, 0.2) is 15.7 Å². The van der Waals surface area contributed by atoms with E-state index in [1.54, 1.807) is 11.0 Å². The number of fused-ring (bicyclic) bond motifs is 1. The Balaban J connectivity index is 0.00000225. The molecule has 30 heavy (non-hydrogen) atoms. The fourth-order valence-electron chi connectivity index (χ4n) is 3.57. The maximum atomic E-state index is 13.3. The minimum Gasteiger partial charge on any atom is -0.339 e. The van der Waals surface area contributed by atoms with Gasteiger partial charge in [0.25, 0.3) is 11.5 Å². The van der Waals surface area contributed by atoms with Gasteiger partial charge in [-0.2, -0.15) is 0 Å². The number of carbonyl (C=O) groups excluding carboxylic acids is 1. The summed E-state index contributed by atoms with van der Waals surface area (Å²) < 4.78 is 1.47. The van der Waals surface area contributed by atoms with E-state index in [0.717, 1.165) is 12.8 Å². The predicted octanol–water partition coefficient (Wildman–Crippen LogP) is 2.27. The lowest BCUT2D eigenvalue weighted by Gasteiger charge is -2.30. The molecule has 0 saturated carbocycles. The normalized spacial score (nSPS) is 14.7. The van der Waals surface area contributed by atoms with Crippen molar-refractivity contribution in [1.29, 1.82) is 0 Å². The van der Waals surface area contributed by atoms with E-state index in [4.69, 9.17) is 5.73 Å². The van der Waals surface area contributed by atoms with Gasteiger partial charge in [0.15, 0.2) is 5.65 Å². The average molecular weight is 460 g/mol. The van der Waals surface area contributed by atoms with Crippen LogP contribution >= 0.6 is 24.8 Å². The van der Waals surface area contributed by atoms with Crippen LogP contribution in [-0.4, -0.2) is 44.5 Å². The monoisotopic (exact) mass is 459 g/mol. The standard InChI is InChI=1S/C20H29N5O3.2ClH/c1-11(2)10-25-17-16(18(26)23-20(25)28)14(9-15(22-17)12(3)4)19(27)24-7-5-13(21)6-8-24;;/h9,11-13H,5-8,10,21H2,1-4H3,(H,23,26,28);2*1H. The van der Waals surface area contributed by atoms with E-state index in [1.165, 1.54) is 4.57 Å². The first-order chi connectivity index (χ1) is 13.2. The van der Waals surface area contributed by atoms with Gasteiger partial charge in [-0.05, 0) is 30.7 Å². The number of nitrogens with zero attached hydrogens (tertiary/aromatic N) is 3.